The van der Waals surface area contributed by atoms with Crippen molar-refractivity contribution in [3.8, 4) is 16.9 Å². The maximum atomic E-state index is 4.57. The van der Waals surface area contributed by atoms with E-state index in [1.54, 1.807) is 0 Å². The summed E-state index contributed by atoms with van der Waals surface area (Å²) in [7, 11) is 0. The highest BCUT2D eigenvalue weighted by molar-refractivity contribution is 7.99. The standard InChI is InChI=1S/C31H21N3S/c1-2-12-27-22(8-1)17-19-33(27)24-15-16-31-29(21-24)34(28-13-3-4-14-30(28)35-31)25-10-7-9-23(20-25)26-11-5-6-18-32-26/h1-21H. The van der Waals surface area contributed by atoms with Gasteiger partial charge in [-0.05, 0) is 72.1 Å². The Bertz CT molecular complexity index is 1690. The average molecular weight is 468 g/mol. The summed E-state index contributed by atoms with van der Waals surface area (Å²) in [5, 5.41) is 1.24. The van der Waals surface area contributed by atoms with Gasteiger partial charge in [-0.25, -0.2) is 0 Å². The highest BCUT2D eigenvalue weighted by Crippen LogP contribution is 2.52. The molecule has 1 aliphatic rings. The second kappa shape index (κ2) is 8.19. The summed E-state index contributed by atoms with van der Waals surface area (Å²) >= 11 is 1.83. The third-order valence-electron chi connectivity index (χ3n) is 6.45. The van der Waals surface area contributed by atoms with Gasteiger partial charge in [0.05, 0.1) is 22.6 Å². The van der Waals surface area contributed by atoms with Gasteiger partial charge in [-0.2, -0.15) is 0 Å². The molecule has 0 N–H and O–H groups in total. The Kier molecular flexibility index (Phi) is 4.71. The molecule has 0 atom stereocenters. The Morgan fingerprint density at radius 1 is 0.600 bits per heavy atom. The van der Waals surface area contributed by atoms with Gasteiger partial charge in [-0.1, -0.05) is 60.3 Å². The lowest BCUT2D eigenvalue weighted by molar-refractivity contribution is 1.10. The SMILES string of the molecule is c1ccc(-c2cccc(N3c4ccccc4Sc4ccc(-n5ccc6ccccc65)cc43)c2)nc1. The predicted molar refractivity (Wildman–Crippen MR) is 145 cm³/mol. The highest BCUT2D eigenvalue weighted by atomic mass is 32.2. The summed E-state index contributed by atoms with van der Waals surface area (Å²) < 4.78 is 2.27. The van der Waals surface area contributed by atoms with Crippen molar-refractivity contribution < 1.29 is 0 Å². The van der Waals surface area contributed by atoms with Crippen molar-refractivity contribution in [3.05, 3.63) is 128 Å². The van der Waals surface area contributed by atoms with Gasteiger partial charge in [0.25, 0.3) is 0 Å². The van der Waals surface area contributed by atoms with Crippen molar-refractivity contribution in [1.82, 2.24) is 9.55 Å². The molecule has 1 aliphatic heterocycles. The number of anilines is 3. The fraction of sp³-hybridized carbons (Fsp3) is 0. The van der Waals surface area contributed by atoms with Crippen LogP contribution in [0.25, 0.3) is 27.8 Å². The maximum absolute atomic E-state index is 4.57. The minimum Gasteiger partial charge on any atom is -0.316 e. The lowest BCUT2D eigenvalue weighted by Gasteiger charge is -2.33. The van der Waals surface area contributed by atoms with Crippen LogP contribution < -0.4 is 4.90 Å². The second-order valence-electron chi connectivity index (χ2n) is 8.57. The molecule has 6 aromatic rings. The van der Waals surface area contributed by atoms with Gasteiger partial charge in [0.15, 0.2) is 0 Å². The number of rotatable bonds is 3. The molecule has 4 aromatic carbocycles. The molecule has 0 unspecified atom stereocenters. The van der Waals surface area contributed by atoms with Crippen LogP contribution in [0.1, 0.15) is 0 Å². The molecule has 3 nitrogen and oxygen atoms in total. The Hall–Kier alpha value is -4.28. The van der Waals surface area contributed by atoms with Crippen LogP contribution in [0.4, 0.5) is 17.1 Å². The van der Waals surface area contributed by atoms with E-state index >= 15 is 0 Å². The first-order valence-corrected chi connectivity index (χ1v) is 12.5. The lowest BCUT2D eigenvalue weighted by Crippen LogP contribution is -2.15. The quantitative estimate of drug-likeness (QED) is 0.259. The predicted octanol–water partition coefficient (Wildman–Crippen LogP) is 8.63. The van der Waals surface area contributed by atoms with E-state index in [2.05, 4.69) is 124 Å². The average Bonchev–Trinajstić information content (AvgIpc) is 3.36. The van der Waals surface area contributed by atoms with E-state index in [-0.39, 0.29) is 0 Å². The topological polar surface area (TPSA) is 21.1 Å². The molecule has 0 aliphatic carbocycles. The molecule has 0 radical (unpaired) electrons. The number of benzene rings is 4. The number of hydrogen-bond acceptors (Lipinski definition) is 3. The van der Waals surface area contributed by atoms with E-state index in [9.17, 15) is 0 Å². The number of hydrogen-bond donors (Lipinski definition) is 0. The van der Waals surface area contributed by atoms with Crippen LogP contribution in [0.5, 0.6) is 0 Å². The van der Waals surface area contributed by atoms with Gasteiger partial charge in [0.1, 0.15) is 0 Å². The van der Waals surface area contributed by atoms with Crippen molar-refractivity contribution in [2.45, 2.75) is 9.79 Å². The number of fused-ring (bicyclic) bond motifs is 3. The lowest BCUT2D eigenvalue weighted by atomic mass is 10.1. The van der Waals surface area contributed by atoms with Gasteiger partial charge in [0.2, 0.25) is 0 Å². The van der Waals surface area contributed by atoms with Crippen LogP contribution in [0, 0.1) is 0 Å². The van der Waals surface area contributed by atoms with Gasteiger partial charge in [-0.15, -0.1) is 0 Å². The van der Waals surface area contributed by atoms with Crippen LogP contribution in [-0.2, 0) is 0 Å². The van der Waals surface area contributed by atoms with Crippen LogP contribution >= 0.6 is 11.8 Å². The zero-order valence-corrected chi connectivity index (χ0v) is 19.7. The molecule has 166 valence electrons. The van der Waals surface area contributed by atoms with E-state index in [4.69, 9.17) is 0 Å². The summed E-state index contributed by atoms with van der Waals surface area (Å²) in [6.45, 7) is 0. The van der Waals surface area contributed by atoms with Crippen molar-refractivity contribution in [3.63, 3.8) is 0 Å². The summed E-state index contributed by atoms with van der Waals surface area (Å²) in [6, 6.07) is 40.8. The largest absolute Gasteiger partial charge is 0.316 e. The van der Waals surface area contributed by atoms with Gasteiger partial charge in [0, 0.05) is 39.1 Å². The van der Waals surface area contributed by atoms with Gasteiger partial charge < -0.3 is 9.47 Å². The Morgan fingerprint density at radius 2 is 1.46 bits per heavy atom. The summed E-state index contributed by atoms with van der Waals surface area (Å²) in [5.74, 6) is 0. The minimum absolute atomic E-state index is 0.974. The Labute approximate surface area is 208 Å². The number of pyridine rings is 1. The van der Waals surface area contributed by atoms with E-state index < -0.39 is 0 Å². The smallest absolute Gasteiger partial charge is 0.0702 e. The van der Waals surface area contributed by atoms with Gasteiger partial charge >= 0.3 is 0 Å². The molecule has 4 heteroatoms. The summed E-state index contributed by atoms with van der Waals surface area (Å²) in [4.78, 5) is 9.45. The van der Waals surface area contributed by atoms with Gasteiger partial charge in [-0.3, -0.25) is 4.98 Å². The molecule has 2 aromatic heterocycles. The second-order valence-corrected chi connectivity index (χ2v) is 9.65. The molecule has 0 spiro atoms. The number of nitrogens with zero attached hydrogens (tertiary/aromatic N) is 3. The van der Waals surface area contributed by atoms with E-state index in [1.165, 1.54) is 32.1 Å². The Morgan fingerprint density at radius 3 is 2.40 bits per heavy atom. The molecular weight excluding hydrogens is 446 g/mol. The number of aromatic nitrogens is 2. The molecule has 0 bridgehead atoms. The maximum Gasteiger partial charge on any atom is 0.0702 e. The molecule has 0 saturated heterocycles. The molecule has 0 amide bonds. The van der Waals surface area contributed by atoms with Crippen LogP contribution in [-0.4, -0.2) is 9.55 Å². The van der Waals surface area contributed by atoms with Crippen molar-refractivity contribution >= 4 is 39.7 Å². The third-order valence-corrected chi connectivity index (χ3v) is 7.58. The van der Waals surface area contributed by atoms with Crippen LogP contribution in [0.2, 0.25) is 0 Å². The normalized spacial score (nSPS) is 12.4. The highest BCUT2D eigenvalue weighted by Gasteiger charge is 2.25. The molecule has 0 fully saturated rings. The first kappa shape index (κ1) is 20.1. The molecular formula is C31H21N3S. The monoisotopic (exact) mass is 467 g/mol. The Balaban J connectivity index is 1.42. The van der Waals surface area contributed by atoms with Crippen molar-refractivity contribution in [1.29, 1.82) is 0 Å². The third kappa shape index (κ3) is 3.42. The fourth-order valence-electron chi connectivity index (χ4n) is 4.82. The molecule has 7 rings (SSSR count). The van der Waals surface area contributed by atoms with E-state index in [0.717, 1.165) is 22.6 Å². The van der Waals surface area contributed by atoms with Crippen molar-refractivity contribution in [2.24, 2.45) is 0 Å². The van der Waals surface area contributed by atoms with E-state index in [0.29, 0.717) is 0 Å². The molecule has 35 heavy (non-hydrogen) atoms. The first-order chi connectivity index (χ1) is 17.3. The number of para-hydroxylation sites is 2. The molecule has 0 saturated carbocycles. The summed E-state index contributed by atoms with van der Waals surface area (Å²) in [6.07, 6.45) is 4.00. The zero-order valence-electron chi connectivity index (χ0n) is 18.9. The van der Waals surface area contributed by atoms with Crippen molar-refractivity contribution in [2.75, 3.05) is 4.90 Å². The summed E-state index contributed by atoms with van der Waals surface area (Å²) in [5.41, 5.74) is 7.93. The minimum atomic E-state index is 0.974. The fourth-order valence-corrected chi connectivity index (χ4v) is 5.86. The van der Waals surface area contributed by atoms with Crippen LogP contribution in [0.15, 0.2) is 137 Å². The van der Waals surface area contributed by atoms with E-state index in [1.807, 2.05) is 30.1 Å². The van der Waals surface area contributed by atoms with Crippen LogP contribution in [0.3, 0.4) is 0 Å². The zero-order chi connectivity index (χ0) is 23.2. The molecule has 3 heterocycles. The first-order valence-electron chi connectivity index (χ1n) is 11.6.